The van der Waals surface area contributed by atoms with Crippen LogP contribution in [0, 0.1) is 0 Å². The van der Waals surface area contributed by atoms with Gasteiger partial charge in [0.15, 0.2) is 0 Å². The van der Waals surface area contributed by atoms with E-state index in [0.29, 0.717) is 22.7 Å². The lowest BCUT2D eigenvalue weighted by atomic mass is 10.1. The lowest BCUT2D eigenvalue weighted by molar-refractivity contribution is -0.143. The molecule has 146 valence electrons. The molecule has 1 heterocycles. The Morgan fingerprint density at radius 2 is 1.57 bits per heavy atom. The van der Waals surface area contributed by atoms with Gasteiger partial charge in [-0.3, -0.25) is 4.79 Å². The summed E-state index contributed by atoms with van der Waals surface area (Å²) in [5.74, 6) is -0.883. The fraction of sp³-hybridized carbons (Fsp3) is 0.111. The number of amides is 1. The maximum absolute atomic E-state index is 12.8. The van der Waals surface area contributed by atoms with E-state index in [2.05, 4.69) is 4.98 Å². The largest absolute Gasteiger partial charge is 0.416 e. The molecule has 0 aliphatic carbocycles. The highest BCUT2D eigenvalue weighted by atomic mass is 32.1. The fourth-order valence-corrected chi connectivity index (χ4v) is 3.19. The first kappa shape index (κ1) is 19.9. The number of anilines is 1. The highest BCUT2D eigenvalue weighted by Gasteiger charge is 2.37. The van der Waals surface area contributed by atoms with E-state index < -0.39 is 35.1 Å². The highest BCUT2D eigenvalue weighted by Crippen LogP contribution is 2.37. The summed E-state index contributed by atoms with van der Waals surface area (Å²) in [5.41, 5.74) is -2.91. The van der Waals surface area contributed by atoms with Crippen LogP contribution in [0.15, 0.2) is 48.5 Å². The van der Waals surface area contributed by atoms with Crippen molar-refractivity contribution in [2.24, 2.45) is 0 Å². The first-order valence-electron chi connectivity index (χ1n) is 7.66. The molecule has 1 aromatic heterocycles. The third-order valence-electron chi connectivity index (χ3n) is 3.54. The van der Waals surface area contributed by atoms with Crippen LogP contribution in [0.2, 0.25) is 0 Å². The maximum Gasteiger partial charge on any atom is 0.416 e. The summed E-state index contributed by atoms with van der Waals surface area (Å²) in [5, 5.41) is 2.49. The lowest BCUT2D eigenvalue weighted by Crippen LogP contribution is -2.14. The molecule has 0 fully saturated rings. The quantitative estimate of drug-likeness (QED) is 0.421. The summed E-state index contributed by atoms with van der Waals surface area (Å²) in [7, 11) is 0. The SMILES string of the molecule is O=C(/C=C/c1nc2ccccc2s1)Nc1cc(C(F)(F)F)cc(C(F)(F)F)c1. The van der Waals surface area contributed by atoms with Crippen LogP contribution in [0.3, 0.4) is 0 Å². The average molecular weight is 416 g/mol. The topological polar surface area (TPSA) is 42.0 Å². The number of carbonyl (C=O) groups excluding carboxylic acids is 1. The van der Waals surface area contributed by atoms with E-state index >= 15 is 0 Å². The number of benzene rings is 2. The second-order valence-electron chi connectivity index (χ2n) is 5.64. The Bertz CT molecular complexity index is 987. The predicted molar refractivity (Wildman–Crippen MR) is 93.7 cm³/mol. The number of aromatic nitrogens is 1. The summed E-state index contributed by atoms with van der Waals surface area (Å²) >= 11 is 1.28. The smallest absolute Gasteiger partial charge is 0.322 e. The van der Waals surface area contributed by atoms with E-state index in [4.69, 9.17) is 0 Å². The minimum absolute atomic E-state index is 0.00732. The molecule has 28 heavy (non-hydrogen) atoms. The van der Waals surface area contributed by atoms with E-state index in [1.54, 1.807) is 12.1 Å². The number of rotatable bonds is 3. The van der Waals surface area contributed by atoms with Crippen molar-refractivity contribution in [3.63, 3.8) is 0 Å². The summed E-state index contributed by atoms with van der Waals surface area (Å²) < 4.78 is 77.9. The molecule has 0 atom stereocenters. The Morgan fingerprint density at radius 3 is 2.14 bits per heavy atom. The van der Waals surface area contributed by atoms with Crippen molar-refractivity contribution in [2.45, 2.75) is 12.4 Å². The second kappa shape index (κ2) is 7.27. The molecule has 0 aliphatic heterocycles. The molecule has 10 heteroatoms. The van der Waals surface area contributed by atoms with Crippen molar-refractivity contribution in [3.8, 4) is 0 Å². The molecular weight excluding hydrogens is 406 g/mol. The molecule has 3 rings (SSSR count). The first-order valence-corrected chi connectivity index (χ1v) is 8.48. The zero-order valence-electron chi connectivity index (χ0n) is 13.7. The summed E-state index contributed by atoms with van der Waals surface area (Å²) in [6, 6.07) is 8.07. The number of fused-ring (bicyclic) bond motifs is 1. The van der Waals surface area contributed by atoms with Gasteiger partial charge in [0.1, 0.15) is 5.01 Å². The van der Waals surface area contributed by atoms with Crippen molar-refractivity contribution in [1.29, 1.82) is 0 Å². The number of carbonyl (C=O) groups is 1. The summed E-state index contributed by atoms with van der Waals surface area (Å²) in [6.45, 7) is 0. The second-order valence-corrected chi connectivity index (χ2v) is 6.70. The number of hydrogen-bond acceptors (Lipinski definition) is 3. The van der Waals surface area contributed by atoms with Crippen LogP contribution < -0.4 is 5.32 Å². The lowest BCUT2D eigenvalue weighted by Gasteiger charge is -2.14. The van der Waals surface area contributed by atoms with Gasteiger partial charge in [0, 0.05) is 11.8 Å². The number of halogens is 6. The van der Waals surface area contributed by atoms with Crippen LogP contribution in [0.4, 0.5) is 32.0 Å². The number of thiazole rings is 1. The Hall–Kier alpha value is -2.88. The van der Waals surface area contributed by atoms with Gasteiger partial charge in [0.25, 0.3) is 0 Å². The Labute approximate surface area is 158 Å². The molecule has 1 amide bonds. The normalized spacial score (nSPS) is 12.6. The third-order valence-corrected chi connectivity index (χ3v) is 4.54. The third kappa shape index (κ3) is 4.69. The van der Waals surface area contributed by atoms with Crippen molar-refractivity contribution < 1.29 is 31.1 Å². The molecule has 0 saturated heterocycles. The van der Waals surface area contributed by atoms with Crippen LogP contribution in [0.25, 0.3) is 16.3 Å². The molecule has 0 bridgehead atoms. The molecule has 0 unspecified atom stereocenters. The first-order chi connectivity index (χ1) is 13.0. The molecule has 0 spiro atoms. The summed E-state index contributed by atoms with van der Waals surface area (Å²) in [4.78, 5) is 16.2. The number of nitrogens with zero attached hydrogens (tertiary/aromatic N) is 1. The maximum atomic E-state index is 12.8. The van der Waals surface area contributed by atoms with Gasteiger partial charge < -0.3 is 5.32 Å². The van der Waals surface area contributed by atoms with Crippen molar-refractivity contribution in [3.05, 3.63) is 64.7 Å². The van der Waals surface area contributed by atoms with Gasteiger partial charge >= 0.3 is 12.4 Å². The van der Waals surface area contributed by atoms with Gasteiger partial charge in [0.2, 0.25) is 5.91 Å². The molecule has 2 aromatic carbocycles. The molecular formula is C18H10F6N2OS. The van der Waals surface area contributed by atoms with Gasteiger partial charge in [-0.1, -0.05) is 12.1 Å². The van der Waals surface area contributed by atoms with Gasteiger partial charge in [0.05, 0.1) is 21.3 Å². The van der Waals surface area contributed by atoms with Gasteiger partial charge in [-0.05, 0) is 36.4 Å². The van der Waals surface area contributed by atoms with E-state index in [9.17, 15) is 31.1 Å². The Morgan fingerprint density at radius 1 is 0.964 bits per heavy atom. The van der Waals surface area contributed by atoms with Crippen LogP contribution in [0.5, 0.6) is 0 Å². The molecule has 1 N–H and O–H groups in total. The molecule has 0 saturated carbocycles. The van der Waals surface area contributed by atoms with Crippen LogP contribution >= 0.6 is 11.3 Å². The van der Waals surface area contributed by atoms with Crippen LogP contribution in [-0.4, -0.2) is 10.9 Å². The fourth-order valence-electron chi connectivity index (χ4n) is 2.32. The average Bonchev–Trinajstić information content (AvgIpc) is 3.01. The molecule has 3 aromatic rings. The van der Waals surface area contributed by atoms with Gasteiger partial charge in [-0.25, -0.2) is 4.98 Å². The zero-order valence-corrected chi connectivity index (χ0v) is 14.5. The highest BCUT2D eigenvalue weighted by molar-refractivity contribution is 7.19. The van der Waals surface area contributed by atoms with E-state index in [0.717, 1.165) is 10.8 Å². The molecule has 3 nitrogen and oxygen atoms in total. The summed E-state index contributed by atoms with van der Waals surface area (Å²) in [6.07, 6.45) is -7.65. The molecule has 0 aliphatic rings. The Kier molecular flexibility index (Phi) is 5.16. The van der Waals surface area contributed by atoms with Gasteiger partial charge in [-0.15, -0.1) is 11.3 Å². The van der Waals surface area contributed by atoms with Crippen LogP contribution in [-0.2, 0) is 17.1 Å². The van der Waals surface area contributed by atoms with E-state index in [-0.39, 0.29) is 6.07 Å². The number of hydrogen-bond donors (Lipinski definition) is 1. The molecule has 0 radical (unpaired) electrons. The van der Waals surface area contributed by atoms with Crippen molar-refractivity contribution >= 4 is 39.2 Å². The van der Waals surface area contributed by atoms with E-state index in [1.807, 2.05) is 17.4 Å². The van der Waals surface area contributed by atoms with Crippen molar-refractivity contribution in [2.75, 3.05) is 5.32 Å². The number of nitrogens with one attached hydrogen (secondary N) is 1. The minimum Gasteiger partial charge on any atom is -0.322 e. The van der Waals surface area contributed by atoms with Crippen molar-refractivity contribution in [1.82, 2.24) is 4.98 Å². The number of para-hydroxylation sites is 1. The standard InChI is InChI=1S/C18H10F6N2OS/c19-17(20,21)10-7-11(18(22,23)24)9-12(8-10)25-15(27)5-6-16-26-13-3-1-2-4-14(13)28-16/h1-9H,(H,25,27)/b6-5+. The van der Waals surface area contributed by atoms with Crippen LogP contribution in [0.1, 0.15) is 16.1 Å². The monoisotopic (exact) mass is 416 g/mol. The predicted octanol–water partition coefficient (Wildman–Crippen LogP) is 5.99. The zero-order chi connectivity index (χ0) is 20.5. The Balaban J connectivity index is 1.82. The number of alkyl halides is 6. The minimum atomic E-state index is -4.99. The van der Waals surface area contributed by atoms with Gasteiger partial charge in [-0.2, -0.15) is 26.3 Å². The van der Waals surface area contributed by atoms with E-state index in [1.165, 1.54) is 17.4 Å².